The number of piperidine rings is 1. The number of likely N-dealkylation sites (tertiary alicyclic amines) is 1. The number of hydrogen-bond acceptors (Lipinski definition) is 6. The fraction of sp³-hybridized carbons (Fsp3) is 0.722. The van der Waals surface area contributed by atoms with Gasteiger partial charge in [0.2, 0.25) is 5.91 Å². The lowest BCUT2D eigenvalue weighted by molar-refractivity contribution is -0.183. The molecule has 2 amide bonds. The van der Waals surface area contributed by atoms with Crippen LogP contribution in [0.4, 0.5) is 4.79 Å². The number of carbonyl (C=O) groups is 2. The number of thiazole rings is 1. The maximum atomic E-state index is 12.9. The van der Waals surface area contributed by atoms with Gasteiger partial charge in [-0.1, -0.05) is 0 Å². The first-order chi connectivity index (χ1) is 12.2. The largest absolute Gasteiger partial charge is 0.444 e. The van der Waals surface area contributed by atoms with Crippen molar-refractivity contribution in [1.82, 2.24) is 14.9 Å². The van der Waals surface area contributed by atoms with Crippen molar-refractivity contribution < 1.29 is 19.2 Å². The van der Waals surface area contributed by atoms with Crippen LogP contribution in [0, 0.1) is 12.8 Å². The van der Waals surface area contributed by atoms with Crippen molar-refractivity contribution in [3.05, 3.63) is 16.1 Å². The van der Waals surface area contributed by atoms with Gasteiger partial charge in [-0.3, -0.25) is 9.63 Å². The second-order valence-corrected chi connectivity index (χ2v) is 8.90. The normalized spacial score (nSPS) is 21.9. The fourth-order valence-electron chi connectivity index (χ4n) is 3.30. The van der Waals surface area contributed by atoms with Crippen molar-refractivity contribution in [3.8, 4) is 0 Å². The number of hydrogen-bond donors (Lipinski definition) is 0. The number of hydroxylamine groups is 2. The molecule has 1 aromatic rings. The molecular formula is C18H27N3O4S. The second-order valence-electron chi connectivity index (χ2n) is 7.83. The molecule has 0 aliphatic carbocycles. The Morgan fingerprint density at radius 3 is 2.54 bits per heavy atom. The van der Waals surface area contributed by atoms with Crippen LogP contribution < -0.4 is 0 Å². The Morgan fingerprint density at radius 1 is 1.27 bits per heavy atom. The molecule has 144 valence electrons. The molecule has 0 radical (unpaired) electrons. The Kier molecular flexibility index (Phi) is 5.53. The van der Waals surface area contributed by atoms with E-state index in [2.05, 4.69) is 4.98 Å². The first kappa shape index (κ1) is 19.1. The summed E-state index contributed by atoms with van der Waals surface area (Å²) in [6, 6.07) is -0.101. The molecule has 2 aliphatic heterocycles. The molecule has 7 nitrogen and oxygen atoms in total. The van der Waals surface area contributed by atoms with E-state index in [4.69, 9.17) is 9.57 Å². The predicted molar refractivity (Wildman–Crippen MR) is 97.5 cm³/mol. The predicted octanol–water partition coefficient (Wildman–Crippen LogP) is 3.30. The van der Waals surface area contributed by atoms with E-state index in [1.165, 1.54) is 5.06 Å². The minimum Gasteiger partial charge on any atom is -0.444 e. The lowest BCUT2D eigenvalue weighted by Crippen LogP contribution is -2.45. The van der Waals surface area contributed by atoms with Crippen LogP contribution in [0.15, 0.2) is 5.38 Å². The van der Waals surface area contributed by atoms with E-state index >= 15 is 0 Å². The van der Waals surface area contributed by atoms with Gasteiger partial charge >= 0.3 is 6.09 Å². The number of aromatic nitrogens is 1. The van der Waals surface area contributed by atoms with Gasteiger partial charge in [0.1, 0.15) is 11.6 Å². The highest BCUT2D eigenvalue weighted by atomic mass is 32.1. The molecule has 0 bridgehead atoms. The van der Waals surface area contributed by atoms with Gasteiger partial charge < -0.3 is 9.64 Å². The lowest BCUT2D eigenvalue weighted by atomic mass is 9.95. The number of carbonyl (C=O) groups excluding carboxylic acids is 2. The number of rotatable bonds is 2. The summed E-state index contributed by atoms with van der Waals surface area (Å²) in [5.74, 6) is -0.129. The Morgan fingerprint density at radius 2 is 1.96 bits per heavy atom. The molecule has 0 saturated carbocycles. The number of nitrogens with zero attached hydrogens (tertiary/aromatic N) is 3. The number of amides is 2. The summed E-state index contributed by atoms with van der Waals surface area (Å²) in [5.41, 5.74) is 0.399. The lowest BCUT2D eigenvalue weighted by Gasteiger charge is -2.34. The monoisotopic (exact) mass is 381 g/mol. The molecule has 2 saturated heterocycles. The summed E-state index contributed by atoms with van der Waals surface area (Å²) in [6.45, 7) is 9.11. The topological polar surface area (TPSA) is 72.0 Å². The summed E-state index contributed by atoms with van der Waals surface area (Å²) in [7, 11) is 0. The van der Waals surface area contributed by atoms with Gasteiger partial charge in [0.05, 0.1) is 17.3 Å². The maximum absolute atomic E-state index is 12.9. The molecule has 1 aromatic heterocycles. The van der Waals surface area contributed by atoms with E-state index in [-0.39, 0.29) is 24.0 Å². The highest BCUT2D eigenvalue weighted by Gasteiger charge is 2.38. The van der Waals surface area contributed by atoms with Crippen molar-refractivity contribution >= 4 is 23.3 Å². The SMILES string of the molecule is Cc1nc([C@@H]2CCON2C(=O)C2CCN(C(=O)OC(C)(C)C)CC2)cs1. The van der Waals surface area contributed by atoms with Crippen molar-refractivity contribution in [2.45, 2.75) is 58.6 Å². The van der Waals surface area contributed by atoms with Crippen LogP contribution in [0.1, 0.15) is 56.8 Å². The van der Waals surface area contributed by atoms with Gasteiger partial charge in [0.15, 0.2) is 0 Å². The van der Waals surface area contributed by atoms with Crippen LogP contribution in [0.3, 0.4) is 0 Å². The molecule has 3 heterocycles. The van der Waals surface area contributed by atoms with Crippen LogP contribution in [0.25, 0.3) is 0 Å². The molecule has 0 N–H and O–H groups in total. The minimum absolute atomic E-state index is 0.00184. The average Bonchev–Trinajstić information content (AvgIpc) is 3.21. The highest BCUT2D eigenvalue weighted by molar-refractivity contribution is 7.09. The van der Waals surface area contributed by atoms with Crippen LogP contribution >= 0.6 is 11.3 Å². The van der Waals surface area contributed by atoms with Gasteiger partial charge in [0, 0.05) is 30.8 Å². The van der Waals surface area contributed by atoms with Gasteiger partial charge in [-0.2, -0.15) is 0 Å². The summed E-state index contributed by atoms with van der Waals surface area (Å²) in [5, 5.41) is 4.51. The number of aryl methyl sites for hydroxylation is 1. The third-order valence-corrected chi connectivity index (χ3v) is 5.39. The molecule has 2 aliphatic rings. The fourth-order valence-corrected chi connectivity index (χ4v) is 3.96. The second kappa shape index (κ2) is 7.52. The molecule has 1 atom stereocenters. The van der Waals surface area contributed by atoms with Crippen LogP contribution in [0.5, 0.6) is 0 Å². The van der Waals surface area contributed by atoms with E-state index in [1.54, 1.807) is 16.2 Å². The van der Waals surface area contributed by atoms with E-state index in [1.807, 2.05) is 33.1 Å². The molecule has 8 heteroatoms. The van der Waals surface area contributed by atoms with Gasteiger partial charge in [-0.25, -0.2) is 14.8 Å². The summed E-state index contributed by atoms with van der Waals surface area (Å²) < 4.78 is 5.41. The molecule has 26 heavy (non-hydrogen) atoms. The summed E-state index contributed by atoms with van der Waals surface area (Å²) >= 11 is 1.59. The first-order valence-corrected chi connectivity index (χ1v) is 9.98. The molecule has 0 aromatic carbocycles. The maximum Gasteiger partial charge on any atom is 0.410 e. The van der Waals surface area contributed by atoms with Crippen molar-refractivity contribution in [2.75, 3.05) is 19.7 Å². The summed E-state index contributed by atoms with van der Waals surface area (Å²) in [6.07, 6.45) is 1.71. The van der Waals surface area contributed by atoms with Gasteiger partial charge in [-0.05, 0) is 40.5 Å². The van der Waals surface area contributed by atoms with Crippen molar-refractivity contribution in [3.63, 3.8) is 0 Å². The molecule has 2 fully saturated rings. The van der Waals surface area contributed by atoms with Gasteiger partial charge in [0.25, 0.3) is 0 Å². The Bertz CT molecular complexity index is 662. The first-order valence-electron chi connectivity index (χ1n) is 9.10. The van der Waals surface area contributed by atoms with E-state index in [0.29, 0.717) is 32.5 Å². The number of ether oxygens (including phenoxy) is 1. The van der Waals surface area contributed by atoms with Crippen molar-refractivity contribution in [2.24, 2.45) is 5.92 Å². The summed E-state index contributed by atoms with van der Waals surface area (Å²) in [4.78, 5) is 36.9. The quantitative estimate of drug-likeness (QED) is 0.786. The van der Waals surface area contributed by atoms with Crippen LogP contribution in [-0.2, 0) is 14.4 Å². The molecule has 3 rings (SSSR count). The Balaban J connectivity index is 1.57. The molecule has 0 spiro atoms. The third-order valence-electron chi connectivity index (χ3n) is 4.60. The van der Waals surface area contributed by atoms with Crippen LogP contribution in [-0.4, -0.2) is 52.2 Å². The zero-order valence-electron chi connectivity index (χ0n) is 15.9. The molecule has 0 unspecified atom stereocenters. The molecular weight excluding hydrogens is 354 g/mol. The Hall–Kier alpha value is -1.67. The van der Waals surface area contributed by atoms with Crippen molar-refractivity contribution in [1.29, 1.82) is 0 Å². The third kappa shape index (κ3) is 4.35. The smallest absolute Gasteiger partial charge is 0.410 e. The Labute approximate surface area is 158 Å². The van der Waals surface area contributed by atoms with E-state index < -0.39 is 5.60 Å². The van der Waals surface area contributed by atoms with Gasteiger partial charge in [-0.15, -0.1) is 11.3 Å². The average molecular weight is 381 g/mol. The highest BCUT2D eigenvalue weighted by Crippen LogP contribution is 2.34. The minimum atomic E-state index is -0.508. The van der Waals surface area contributed by atoms with E-state index in [0.717, 1.165) is 17.1 Å². The zero-order valence-corrected chi connectivity index (χ0v) is 16.7. The standard InChI is InChI=1S/C18H27N3O4S/c1-12-19-14(11-26-12)15-7-10-24-21(15)16(22)13-5-8-20(9-6-13)17(23)25-18(2,3)4/h11,13,15H,5-10H2,1-4H3/t15-/m0/s1. The van der Waals surface area contributed by atoms with E-state index in [9.17, 15) is 9.59 Å². The van der Waals surface area contributed by atoms with Crippen LogP contribution in [0.2, 0.25) is 0 Å². The zero-order chi connectivity index (χ0) is 18.9.